The maximum atomic E-state index is 12.0. The molecule has 1 aliphatic rings. The quantitative estimate of drug-likeness (QED) is 0.825. The van der Waals surface area contributed by atoms with Gasteiger partial charge in [0.25, 0.3) is 5.91 Å². The molecule has 2 rings (SSSR count). The summed E-state index contributed by atoms with van der Waals surface area (Å²) in [5, 5.41) is 3.36. The number of rotatable bonds is 4. The van der Waals surface area contributed by atoms with Crippen LogP contribution in [0.1, 0.15) is 43.5 Å². The number of amides is 1. The fraction of sp³-hybridized carbons (Fsp3) is 0.529. The molecule has 1 saturated carbocycles. The minimum absolute atomic E-state index is 0.134. The van der Waals surface area contributed by atoms with Crippen LogP contribution in [0.5, 0.6) is 0 Å². The monoisotopic (exact) mass is 357 g/mol. The SMILES string of the molecule is C[C@@H]1[C@@H](C)CCC[C@H]1NC(=O)COC(=O)c1cccc(Cl)c1Cl. The van der Waals surface area contributed by atoms with Crippen LogP contribution in [-0.2, 0) is 9.53 Å². The van der Waals surface area contributed by atoms with Crippen molar-refractivity contribution in [3.63, 3.8) is 0 Å². The first-order valence-electron chi connectivity index (χ1n) is 7.80. The van der Waals surface area contributed by atoms with Gasteiger partial charge in [-0.15, -0.1) is 0 Å². The number of ether oxygens (including phenoxy) is 1. The lowest BCUT2D eigenvalue weighted by Crippen LogP contribution is -2.45. The van der Waals surface area contributed by atoms with Gasteiger partial charge in [0.05, 0.1) is 15.6 Å². The van der Waals surface area contributed by atoms with Gasteiger partial charge in [-0.1, -0.05) is 56.0 Å². The molecular weight excluding hydrogens is 337 g/mol. The minimum atomic E-state index is -0.655. The van der Waals surface area contributed by atoms with E-state index in [0.29, 0.717) is 11.8 Å². The summed E-state index contributed by atoms with van der Waals surface area (Å²) in [6.45, 7) is 4.02. The van der Waals surface area contributed by atoms with Crippen molar-refractivity contribution in [2.75, 3.05) is 6.61 Å². The highest BCUT2D eigenvalue weighted by atomic mass is 35.5. The zero-order valence-corrected chi connectivity index (χ0v) is 14.8. The predicted octanol–water partition coefficient (Wildman–Crippen LogP) is 4.09. The van der Waals surface area contributed by atoms with Crippen LogP contribution in [0, 0.1) is 11.8 Å². The Bertz CT molecular complexity index is 591. The summed E-state index contributed by atoms with van der Waals surface area (Å²) in [5.74, 6) is 0.0628. The second-order valence-electron chi connectivity index (χ2n) is 6.12. The van der Waals surface area contributed by atoms with Crippen LogP contribution >= 0.6 is 23.2 Å². The first-order valence-corrected chi connectivity index (χ1v) is 8.56. The van der Waals surface area contributed by atoms with Crippen molar-refractivity contribution in [3.05, 3.63) is 33.8 Å². The van der Waals surface area contributed by atoms with E-state index in [1.165, 1.54) is 12.5 Å². The molecular formula is C17H21Cl2NO3. The van der Waals surface area contributed by atoms with Gasteiger partial charge >= 0.3 is 5.97 Å². The van der Waals surface area contributed by atoms with E-state index in [1.54, 1.807) is 12.1 Å². The molecule has 6 heteroatoms. The van der Waals surface area contributed by atoms with Gasteiger partial charge in [0.15, 0.2) is 6.61 Å². The molecule has 0 aromatic heterocycles. The smallest absolute Gasteiger partial charge is 0.340 e. The Morgan fingerprint density at radius 1 is 1.26 bits per heavy atom. The summed E-state index contributed by atoms with van der Waals surface area (Å²) in [4.78, 5) is 24.0. The van der Waals surface area contributed by atoms with E-state index in [0.717, 1.165) is 12.8 Å². The Balaban J connectivity index is 1.86. The van der Waals surface area contributed by atoms with E-state index in [2.05, 4.69) is 19.2 Å². The molecule has 3 atom stereocenters. The van der Waals surface area contributed by atoms with Crippen LogP contribution in [0.3, 0.4) is 0 Å². The molecule has 1 amide bonds. The van der Waals surface area contributed by atoms with Crippen LogP contribution < -0.4 is 5.32 Å². The van der Waals surface area contributed by atoms with Gasteiger partial charge < -0.3 is 10.1 Å². The first-order chi connectivity index (χ1) is 10.9. The standard InChI is InChI=1S/C17H21Cl2NO3/c1-10-5-3-8-14(11(10)2)20-15(21)9-23-17(22)12-6-4-7-13(18)16(12)19/h4,6-7,10-11,14H,3,5,8-9H2,1-2H3,(H,20,21)/t10-,11+,14+/m0/s1. The number of carbonyl (C=O) groups excluding carboxylic acids is 2. The van der Waals surface area contributed by atoms with Crippen molar-refractivity contribution in [2.24, 2.45) is 11.8 Å². The van der Waals surface area contributed by atoms with Gasteiger partial charge in [0.1, 0.15) is 0 Å². The van der Waals surface area contributed by atoms with E-state index in [9.17, 15) is 9.59 Å². The van der Waals surface area contributed by atoms with Gasteiger partial charge in [-0.25, -0.2) is 4.79 Å². The van der Waals surface area contributed by atoms with Crippen molar-refractivity contribution in [1.29, 1.82) is 0 Å². The molecule has 0 spiro atoms. The van der Waals surface area contributed by atoms with Crippen LogP contribution in [0.25, 0.3) is 0 Å². The minimum Gasteiger partial charge on any atom is -0.452 e. The van der Waals surface area contributed by atoms with Crippen molar-refractivity contribution >= 4 is 35.1 Å². The molecule has 1 N–H and O–H groups in total. The highest BCUT2D eigenvalue weighted by molar-refractivity contribution is 6.43. The summed E-state index contributed by atoms with van der Waals surface area (Å²) >= 11 is 11.8. The van der Waals surface area contributed by atoms with Gasteiger partial charge in [-0.3, -0.25) is 4.79 Å². The maximum absolute atomic E-state index is 12.0. The third-order valence-corrected chi connectivity index (χ3v) is 5.38. The molecule has 0 aliphatic heterocycles. The summed E-state index contributed by atoms with van der Waals surface area (Å²) in [6, 6.07) is 4.84. The Morgan fingerprint density at radius 3 is 2.74 bits per heavy atom. The average Bonchev–Trinajstić information content (AvgIpc) is 2.52. The predicted molar refractivity (Wildman–Crippen MR) is 90.9 cm³/mol. The Hall–Kier alpha value is -1.26. The van der Waals surface area contributed by atoms with Gasteiger partial charge in [-0.05, 0) is 30.4 Å². The Labute approximate surface area is 146 Å². The highest BCUT2D eigenvalue weighted by Crippen LogP contribution is 2.29. The molecule has 0 saturated heterocycles. The second-order valence-corrected chi connectivity index (χ2v) is 6.90. The largest absolute Gasteiger partial charge is 0.452 e. The summed E-state index contributed by atoms with van der Waals surface area (Å²) in [5.41, 5.74) is 0.159. The van der Waals surface area contributed by atoms with Crippen LogP contribution in [0.2, 0.25) is 10.0 Å². The number of benzene rings is 1. The van der Waals surface area contributed by atoms with Gasteiger partial charge in [0, 0.05) is 6.04 Å². The van der Waals surface area contributed by atoms with Crippen molar-refractivity contribution in [3.8, 4) is 0 Å². The molecule has 1 fully saturated rings. The van der Waals surface area contributed by atoms with E-state index in [1.807, 2.05) is 0 Å². The normalized spacial score (nSPS) is 24.1. The molecule has 0 radical (unpaired) electrons. The molecule has 1 aromatic carbocycles. The molecule has 1 aliphatic carbocycles. The molecule has 23 heavy (non-hydrogen) atoms. The zero-order valence-electron chi connectivity index (χ0n) is 13.3. The van der Waals surface area contributed by atoms with E-state index in [-0.39, 0.29) is 34.2 Å². The summed E-state index contributed by atoms with van der Waals surface area (Å²) < 4.78 is 5.04. The van der Waals surface area contributed by atoms with Gasteiger partial charge in [-0.2, -0.15) is 0 Å². The lowest BCUT2D eigenvalue weighted by molar-refractivity contribution is -0.125. The van der Waals surface area contributed by atoms with E-state index >= 15 is 0 Å². The molecule has 4 nitrogen and oxygen atoms in total. The van der Waals surface area contributed by atoms with Gasteiger partial charge in [0.2, 0.25) is 0 Å². The maximum Gasteiger partial charge on any atom is 0.340 e. The molecule has 126 valence electrons. The Morgan fingerprint density at radius 2 is 2.00 bits per heavy atom. The highest BCUT2D eigenvalue weighted by Gasteiger charge is 2.28. The zero-order chi connectivity index (χ0) is 17.0. The molecule has 1 aromatic rings. The average molecular weight is 358 g/mol. The summed E-state index contributed by atoms with van der Waals surface area (Å²) in [6.07, 6.45) is 3.26. The lowest BCUT2D eigenvalue weighted by Gasteiger charge is -2.34. The number of esters is 1. The third-order valence-electron chi connectivity index (χ3n) is 4.56. The van der Waals surface area contributed by atoms with E-state index in [4.69, 9.17) is 27.9 Å². The number of nitrogens with one attached hydrogen (secondary N) is 1. The second kappa shape index (κ2) is 8.02. The van der Waals surface area contributed by atoms with E-state index < -0.39 is 5.97 Å². The fourth-order valence-electron chi connectivity index (χ4n) is 2.90. The topological polar surface area (TPSA) is 55.4 Å². The third kappa shape index (κ3) is 4.61. The number of hydrogen-bond acceptors (Lipinski definition) is 3. The van der Waals surface area contributed by atoms with Crippen LogP contribution in [0.15, 0.2) is 18.2 Å². The summed E-state index contributed by atoms with van der Waals surface area (Å²) in [7, 11) is 0. The molecule has 0 unspecified atom stereocenters. The van der Waals surface area contributed by atoms with Crippen molar-refractivity contribution in [2.45, 2.75) is 39.2 Å². The molecule has 0 heterocycles. The van der Waals surface area contributed by atoms with Crippen molar-refractivity contribution < 1.29 is 14.3 Å². The molecule has 0 bridgehead atoms. The first kappa shape index (κ1) is 18.1. The fourth-order valence-corrected chi connectivity index (χ4v) is 3.28. The number of hydrogen-bond donors (Lipinski definition) is 1. The van der Waals surface area contributed by atoms with Crippen molar-refractivity contribution in [1.82, 2.24) is 5.32 Å². The van der Waals surface area contributed by atoms with Crippen LogP contribution in [-0.4, -0.2) is 24.5 Å². The lowest BCUT2D eigenvalue weighted by atomic mass is 9.78. The number of halogens is 2. The number of carbonyl (C=O) groups is 2. The Kier molecular flexibility index (Phi) is 6.31. The van der Waals surface area contributed by atoms with Crippen LogP contribution in [0.4, 0.5) is 0 Å².